The van der Waals surface area contributed by atoms with Gasteiger partial charge in [-0.1, -0.05) is 6.92 Å². The number of nitrogens with one attached hydrogen (secondary N) is 1. The van der Waals surface area contributed by atoms with Gasteiger partial charge in [0.1, 0.15) is 0 Å². The molecule has 1 aromatic rings. The van der Waals surface area contributed by atoms with E-state index < -0.39 is 17.9 Å². The van der Waals surface area contributed by atoms with E-state index in [9.17, 15) is 14.4 Å². The molecule has 0 radical (unpaired) electrons. The van der Waals surface area contributed by atoms with Gasteiger partial charge in [-0.2, -0.15) is 0 Å². The highest BCUT2D eigenvalue weighted by Crippen LogP contribution is 2.14. The van der Waals surface area contributed by atoms with Crippen LogP contribution in [0.4, 0.5) is 5.69 Å². The second-order valence-corrected chi connectivity index (χ2v) is 4.60. The maximum atomic E-state index is 11.7. The molecule has 0 saturated heterocycles. The molecule has 2 N–H and O–H groups in total. The molecule has 0 spiro atoms. The van der Waals surface area contributed by atoms with Crippen molar-refractivity contribution in [3.63, 3.8) is 0 Å². The monoisotopic (exact) mass is 293 g/mol. The molecular formula is C15H19NO5. The van der Waals surface area contributed by atoms with E-state index in [0.29, 0.717) is 24.1 Å². The number of anilines is 1. The van der Waals surface area contributed by atoms with Crippen LogP contribution >= 0.6 is 0 Å². The Morgan fingerprint density at radius 3 is 2.33 bits per heavy atom. The van der Waals surface area contributed by atoms with Crippen LogP contribution in [0.5, 0.6) is 0 Å². The van der Waals surface area contributed by atoms with Gasteiger partial charge in [-0.25, -0.2) is 4.79 Å². The summed E-state index contributed by atoms with van der Waals surface area (Å²) in [4.78, 5) is 33.8. The molecule has 1 atom stereocenters. The predicted molar refractivity (Wildman–Crippen MR) is 77.1 cm³/mol. The molecule has 1 aromatic carbocycles. The summed E-state index contributed by atoms with van der Waals surface area (Å²) in [6.45, 7) is 1.78. The number of aliphatic carboxylic acids is 1. The summed E-state index contributed by atoms with van der Waals surface area (Å²) in [6.07, 6.45) is 0.942. The zero-order valence-corrected chi connectivity index (χ0v) is 12.1. The lowest BCUT2D eigenvalue weighted by atomic mass is 10.0. The first-order valence-corrected chi connectivity index (χ1v) is 6.69. The maximum Gasteiger partial charge on any atom is 0.337 e. The molecule has 1 rings (SSSR count). The van der Waals surface area contributed by atoms with Crippen molar-refractivity contribution in [1.82, 2.24) is 0 Å². The molecular weight excluding hydrogens is 274 g/mol. The molecule has 6 heteroatoms. The van der Waals surface area contributed by atoms with E-state index in [1.165, 1.54) is 7.11 Å². The Hall–Kier alpha value is -2.37. The fourth-order valence-electron chi connectivity index (χ4n) is 1.84. The molecule has 1 amide bonds. The van der Waals surface area contributed by atoms with E-state index in [2.05, 4.69) is 10.1 Å². The summed E-state index contributed by atoms with van der Waals surface area (Å²) in [5.74, 6) is -2.08. The lowest BCUT2D eigenvalue weighted by molar-refractivity contribution is -0.142. The lowest BCUT2D eigenvalue weighted by Gasteiger charge is -2.10. The third-order valence-corrected chi connectivity index (χ3v) is 3.15. The van der Waals surface area contributed by atoms with Gasteiger partial charge < -0.3 is 15.2 Å². The van der Waals surface area contributed by atoms with Crippen molar-refractivity contribution < 1.29 is 24.2 Å². The maximum absolute atomic E-state index is 11.7. The van der Waals surface area contributed by atoms with Crippen LogP contribution in [0.15, 0.2) is 24.3 Å². The highest BCUT2D eigenvalue weighted by atomic mass is 16.5. The highest BCUT2D eigenvalue weighted by molar-refractivity contribution is 5.93. The minimum absolute atomic E-state index is 0.142. The quantitative estimate of drug-likeness (QED) is 0.752. The number of esters is 1. The van der Waals surface area contributed by atoms with Crippen LogP contribution in [0.3, 0.4) is 0 Å². The number of amides is 1. The highest BCUT2D eigenvalue weighted by Gasteiger charge is 2.16. The van der Waals surface area contributed by atoms with Crippen molar-refractivity contribution in [1.29, 1.82) is 0 Å². The summed E-state index contributed by atoms with van der Waals surface area (Å²) in [7, 11) is 1.30. The van der Waals surface area contributed by atoms with Gasteiger partial charge in [0.25, 0.3) is 0 Å². The molecule has 0 aromatic heterocycles. The zero-order valence-electron chi connectivity index (χ0n) is 12.1. The smallest absolute Gasteiger partial charge is 0.337 e. The van der Waals surface area contributed by atoms with E-state index in [1.807, 2.05) is 0 Å². The molecule has 0 saturated carbocycles. The third kappa shape index (κ3) is 5.25. The molecule has 0 heterocycles. The molecule has 0 aliphatic heterocycles. The number of ether oxygens (including phenoxy) is 1. The van der Waals surface area contributed by atoms with Crippen LogP contribution in [0.1, 0.15) is 36.5 Å². The summed E-state index contributed by atoms with van der Waals surface area (Å²) >= 11 is 0. The number of carbonyl (C=O) groups excluding carboxylic acids is 2. The minimum atomic E-state index is -0.882. The molecule has 0 aliphatic rings. The molecule has 0 bridgehead atoms. The number of carboxylic acids is 1. The molecule has 6 nitrogen and oxygen atoms in total. The first-order chi connectivity index (χ1) is 9.97. The predicted octanol–water partition coefficient (Wildman–Crippen LogP) is 2.30. The van der Waals surface area contributed by atoms with Crippen LogP contribution in [0.2, 0.25) is 0 Å². The standard InChI is InChI=1S/C15H19NO5/c1-3-10(14(18)19)6-9-13(17)16-12-7-4-11(5-8-12)15(20)21-2/h4-5,7-8,10H,3,6,9H2,1-2H3,(H,16,17)(H,18,19)/t10-/m0/s1. The van der Waals surface area contributed by atoms with Gasteiger partial charge in [-0.05, 0) is 37.1 Å². The summed E-state index contributed by atoms with van der Waals surface area (Å²) in [6, 6.07) is 6.29. The van der Waals surface area contributed by atoms with E-state index >= 15 is 0 Å². The van der Waals surface area contributed by atoms with Crippen molar-refractivity contribution >= 4 is 23.5 Å². The summed E-state index contributed by atoms with van der Waals surface area (Å²) in [5.41, 5.74) is 0.948. The Morgan fingerprint density at radius 2 is 1.86 bits per heavy atom. The average molecular weight is 293 g/mol. The SMILES string of the molecule is CC[C@@H](CCC(=O)Nc1ccc(C(=O)OC)cc1)C(=O)O. The van der Waals surface area contributed by atoms with E-state index in [-0.39, 0.29) is 12.3 Å². The van der Waals surface area contributed by atoms with Gasteiger partial charge in [0.15, 0.2) is 0 Å². The van der Waals surface area contributed by atoms with Crippen molar-refractivity contribution in [3.8, 4) is 0 Å². The van der Waals surface area contributed by atoms with Gasteiger partial charge >= 0.3 is 11.9 Å². The van der Waals surface area contributed by atoms with Crippen molar-refractivity contribution in [3.05, 3.63) is 29.8 Å². The summed E-state index contributed by atoms with van der Waals surface area (Å²) in [5, 5.41) is 11.6. The second-order valence-electron chi connectivity index (χ2n) is 4.60. The summed E-state index contributed by atoms with van der Waals surface area (Å²) < 4.78 is 4.58. The number of rotatable bonds is 7. The number of benzene rings is 1. The fraction of sp³-hybridized carbons (Fsp3) is 0.400. The molecule has 114 valence electrons. The molecule has 21 heavy (non-hydrogen) atoms. The Labute approximate surface area is 123 Å². The first-order valence-electron chi connectivity index (χ1n) is 6.69. The van der Waals surface area contributed by atoms with Crippen LogP contribution in [0.25, 0.3) is 0 Å². The Balaban J connectivity index is 2.51. The second kappa shape index (κ2) is 8.04. The lowest BCUT2D eigenvalue weighted by Crippen LogP contribution is -2.17. The normalized spacial score (nSPS) is 11.5. The third-order valence-electron chi connectivity index (χ3n) is 3.15. The molecule has 0 fully saturated rings. The minimum Gasteiger partial charge on any atom is -0.481 e. The van der Waals surface area contributed by atoms with E-state index in [1.54, 1.807) is 31.2 Å². The largest absolute Gasteiger partial charge is 0.481 e. The van der Waals surface area contributed by atoms with Gasteiger partial charge in [0.05, 0.1) is 18.6 Å². The fourth-order valence-corrected chi connectivity index (χ4v) is 1.84. The topological polar surface area (TPSA) is 92.7 Å². The van der Waals surface area contributed by atoms with Gasteiger partial charge in [-0.15, -0.1) is 0 Å². The zero-order chi connectivity index (χ0) is 15.8. The number of methoxy groups -OCH3 is 1. The van der Waals surface area contributed by atoms with E-state index in [4.69, 9.17) is 5.11 Å². The molecule has 0 unspecified atom stereocenters. The van der Waals surface area contributed by atoms with Crippen molar-refractivity contribution in [2.24, 2.45) is 5.92 Å². The Kier molecular flexibility index (Phi) is 6.39. The van der Waals surface area contributed by atoms with Gasteiger partial charge in [0.2, 0.25) is 5.91 Å². The van der Waals surface area contributed by atoms with Crippen LogP contribution in [0, 0.1) is 5.92 Å². The average Bonchev–Trinajstić information content (AvgIpc) is 2.47. The number of hydrogen-bond donors (Lipinski definition) is 2. The van der Waals surface area contributed by atoms with Crippen LogP contribution in [-0.2, 0) is 14.3 Å². The Bertz CT molecular complexity index is 509. The van der Waals surface area contributed by atoms with Crippen molar-refractivity contribution in [2.45, 2.75) is 26.2 Å². The molecule has 0 aliphatic carbocycles. The first kappa shape index (κ1) is 16.7. The Morgan fingerprint density at radius 1 is 1.24 bits per heavy atom. The van der Waals surface area contributed by atoms with Gasteiger partial charge in [-0.3, -0.25) is 9.59 Å². The van der Waals surface area contributed by atoms with Gasteiger partial charge in [0, 0.05) is 12.1 Å². The van der Waals surface area contributed by atoms with Crippen LogP contribution in [-0.4, -0.2) is 30.1 Å². The number of carboxylic acid groups (broad SMARTS) is 1. The van der Waals surface area contributed by atoms with Crippen molar-refractivity contribution in [2.75, 3.05) is 12.4 Å². The van der Waals surface area contributed by atoms with E-state index in [0.717, 1.165) is 0 Å². The van der Waals surface area contributed by atoms with Crippen LogP contribution < -0.4 is 5.32 Å². The number of carbonyl (C=O) groups is 3. The number of hydrogen-bond acceptors (Lipinski definition) is 4.